The molecule has 3 heteroatoms. The number of hydrogen-bond acceptors (Lipinski definition) is 2. The van der Waals surface area contributed by atoms with Crippen molar-refractivity contribution in [2.45, 2.75) is 19.8 Å². The molecule has 0 N–H and O–H groups in total. The topological polar surface area (TPSA) is 26.3 Å². The predicted molar refractivity (Wildman–Crippen MR) is 40.9 cm³/mol. The summed E-state index contributed by atoms with van der Waals surface area (Å²) in [4.78, 5) is 10.6. The first kappa shape index (κ1) is 9.50. The molecule has 0 unspecified atom stereocenters. The fourth-order valence-electron chi connectivity index (χ4n) is 0.416. The molecule has 0 bridgehead atoms. The Morgan fingerprint density at radius 3 is 2.90 bits per heavy atom. The smallest absolute Gasteiger partial charge is 0.309 e. The lowest BCUT2D eigenvalue weighted by atomic mass is 10.4. The van der Waals surface area contributed by atoms with Crippen molar-refractivity contribution in [1.82, 2.24) is 0 Å². The second-order valence-corrected chi connectivity index (χ2v) is 2.04. The summed E-state index contributed by atoms with van der Waals surface area (Å²) in [5, 5.41) is 0. The third kappa shape index (κ3) is 5.63. The zero-order valence-corrected chi connectivity index (χ0v) is 6.73. The number of rotatable bonds is 4. The molecule has 0 aromatic heterocycles. The van der Waals surface area contributed by atoms with Gasteiger partial charge in [-0.1, -0.05) is 24.6 Å². The van der Waals surface area contributed by atoms with E-state index in [0.29, 0.717) is 6.61 Å². The fraction of sp³-hybridized carbons (Fsp3) is 0.571. The fourth-order valence-corrected chi connectivity index (χ4v) is 0.505. The Morgan fingerprint density at radius 1 is 1.70 bits per heavy atom. The molecule has 0 spiro atoms. The summed E-state index contributed by atoms with van der Waals surface area (Å²) in [6.45, 7) is 2.44. The first-order chi connectivity index (χ1) is 4.81. The van der Waals surface area contributed by atoms with Gasteiger partial charge in [-0.25, -0.2) is 0 Å². The van der Waals surface area contributed by atoms with Crippen molar-refractivity contribution < 1.29 is 9.53 Å². The summed E-state index contributed by atoms with van der Waals surface area (Å²) in [5.41, 5.74) is 1.31. The third-order valence-corrected chi connectivity index (χ3v) is 1.02. The Labute approximate surface area is 65.8 Å². The highest BCUT2D eigenvalue weighted by molar-refractivity contribution is 6.25. The molecule has 0 saturated heterocycles. The highest BCUT2D eigenvalue weighted by atomic mass is 35.5. The lowest BCUT2D eigenvalue weighted by Crippen LogP contribution is -2.02. The quantitative estimate of drug-likeness (QED) is 0.592. The molecule has 0 heterocycles. The summed E-state index contributed by atoms with van der Waals surface area (Å²) >= 11 is 5.19. The maximum atomic E-state index is 10.6. The average Bonchev–Trinajstić information content (AvgIpc) is 1.97. The number of carbonyl (C=O) groups is 1. The van der Waals surface area contributed by atoms with Gasteiger partial charge in [0.25, 0.3) is 0 Å². The number of hydrogen-bond donors (Lipinski definition) is 0. The Morgan fingerprint density at radius 2 is 2.40 bits per heavy atom. The van der Waals surface area contributed by atoms with Crippen LogP contribution in [0.25, 0.3) is 0 Å². The first-order valence-electron chi connectivity index (χ1n) is 3.22. The van der Waals surface area contributed by atoms with Crippen LogP contribution in [-0.4, -0.2) is 12.6 Å². The van der Waals surface area contributed by atoms with E-state index in [1.54, 1.807) is 6.08 Å². The largest absolute Gasteiger partial charge is 0.465 e. The lowest BCUT2D eigenvalue weighted by molar-refractivity contribution is -0.142. The van der Waals surface area contributed by atoms with Crippen LogP contribution in [0.2, 0.25) is 0 Å². The van der Waals surface area contributed by atoms with Gasteiger partial charge >= 0.3 is 5.97 Å². The van der Waals surface area contributed by atoms with Gasteiger partial charge < -0.3 is 4.74 Å². The predicted octanol–water partition coefficient (Wildman–Crippen LogP) is 2.08. The van der Waals surface area contributed by atoms with Gasteiger partial charge in [0.05, 0.1) is 13.0 Å². The molecular weight excluding hydrogens is 152 g/mol. The van der Waals surface area contributed by atoms with E-state index in [1.807, 2.05) is 6.92 Å². The molecule has 2 nitrogen and oxygen atoms in total. The maximum Gasteiger partial charge on any atom is 0.309 e. The molecule has 0 rings (SSSR count). The number of esters is 1. The normalized spacial score (nSPS) is 10.2. The van der Waals surface area contributed by atoms with Gasteiger partial charge in [-0.05, 0) is 6.42 Å². The summed E-state index contributed by atoms with van der Waals surface area (Å²) in [7, 11) is 0. The van der Waals surface area contributed by atoms with Crippen LogP contribution in [0.15, 0.2) is 11.6 Å². The zero-order valence-electron chi connectivity index (χ0n) is 5.97. The average molecular weight is 163 g/mol. The van der Waals surface area contributed by atoms with Crippen LogP contribution < -0.4 is 0 Å². The monoisotopic (exact) mass is 162 g/mol. The molecule has 10 heavy (non-hydrogen) atoms. The van der Waals surface area contributed by atoms with Crippen LogP contribution >= 0.6 is 11.6 Å². The number of carbonyl (C=O) groups excluding carboxylic acids is 1. The van der Waals surface area contributed by atoms with Gasteiger partial charge in [-0.3, -0.25) is 4.79 Å². The molecule has 0 radical (unpaired) electrons. The molecule has 0 aromatic carbocycles. The number of ether oxygens (including phenoxy) is 1. The second kappa shape index (κ2) is 6.62. The van der Waals surface area contributed by atoms with E-state index in [4.69, 9.17) is 16.3 Å². The van der Waals surface area contributed by atoms with Gasteiger partial charge in [0.2, 0.25) is 0 Å². The van der Waals surface area contributed by atoms with Crippen molar-refractivity contribution in [2.24, 2.45) is 0 Å². The van der Waals surface area contributed by atoms with Gasteiger partial charge in [-0.2, -0.15) is 0 Å². The maximum absolute atomic E-state index is 10.6. The van der Waals surface area contributed by atoms with Crippen LogP contribution in [0.1, 0.15) is 19.8 Å². The molecule has 0 aliphatic rings. The minimum Gasteiger partial charge on any atom is -0.465 e. The van der Waals surface area contributed by atoms with Crippen molar-refractivity contribution in [1.29, 1.82) is 0 Å². The lowest BCUT2D eigenvalue weighted by Gasteiger charge is -1.97. The van der Waals surface area contributed by atoms with Gasteiger partial charge in [0, 0.05) is 5.54 Å². The summed E-state index contributed by atoms with van der Waals surface area (Å²) in [6.07, 6.45) is 2.68. The summed E-state index contributed by atoms with van der Waals surface area (Å²) < 4.78 is 4.74. The standard InChI is InChI=1S/C7H11ClO2/c1-2-6-10-7(9)4-3-5-8/h3,5H,2,4,6H2,1H3. The van der Waals surface area contributed by atoms with Crippen LogP contribution in [-0.2, 0) is 9.53 Å². The van der Waals surface area contributed by atoms with Gasteiger partial charge in [-0.15, -0.1) is 0 Å². The Hall–Kier alpha value is -0.500. The van der Waals surface area contributed by atoms with Crippen molar-refractivity contribution in [3.63, 3.8) is 0 Å². The minimum absolute atomic E-state index is 0.223. The molecule has 0 fully saturated rings. The van der Waals surface area contributed by atoms with Crippen LogP contribution in [0.4, 0.5) is 0 Å². The number of halogens is 1. The highest BCUT2D eigenvalue weighted by Gasteiger charge is 1.95. The van der Waals surface area contributed by atoms with Crippen molar-refractivity contribution in [2.75, 3.05) is 6.61 Å². The van der Waals surface area contributed by atoms with E-state index in [0.717, 1.165) is 6.42 Å². The van der Waals surface area contributed by atoms with E-state index < -0.39 is 0 Å². The van der Waals surface area contributed by atoms with Crippen LogP contribution in [0, 0.1) is 0 Å². The molecular formula is C7H11ClO2. The molecule has 0 aromatic rings. The molecule has 0 aliphatic heterocycles. The van der Waals surface area contributed by atoms with Crippen molar-refractivity contribution in [3.05, 3.63) is 11.6 Å². The van der Waals surface area contributed by atoms with Crippen molar-refractivity contribution >= 4 is 17.6 Å². The molecule has 0 aliphatic carbocycles. The molecule has 0 amide bonds. The van der Waals surface area contributed by atoms with Crippen molar-refractivity contribution in [3.8, 4) is 0 Å². The van der Waals surface area contributed by atoms with Crippen LogP contribution in [0.3, 0.4) is 0 Å². The second-order valence-electron chi connectivity index (χ2n) is 1.79. The minimum atomic E-state index is -0.223. The molecule has 0 saturated carbocycles. The SMILES string of the molecule is CCCOC(=O)CC=CCl. The van der Waals surface area contributed by atoms with E-state index in [2.05, 4.69) is 0 Å². The third-order valence-electron chi connectivity index (χ3n) is 0.841. The van der Waals surface area contributed by atoms with Crippen LogP contribution in [0.5, 0.6) is 0 Å². The molecule has 58 valence electrons. The summed E-state index contributed by atoms with van der Waals surface area (Å²) in [5.74, 6) is -0.223. The highest BCUT2D eigenvalue weighted by Crippen LogP contribution is 1.91. The van der Waals surface area contributed by atoms with E-state index in [1.165, 1.54) is 5.54 Å². The zero-order chi connectivity index (χ0) is 7.82. The van der Waals surface area contributed by atoms with E-state index in [9.17, 15) is 4.79 Å². The molecule has 0 atom stereocenters. The van der Waals surface area contributed by atoms with E-state index in [-0.39, 0.29) is 12.4 Å². The van der Waals surface area contributed by atoms with Gasteiger partial charge in [0.1, 0.15) is 0 Å². The van der Waals surface area contributed by atoms with Gasteiger partial charge in [0.15, 0.2) is 0 Å². The summed E-state index contributed by atoms with van der Waals surface area (Å²) in [6, 6.07) is 0. The Kier molecular flexibility index (Phi) is 6.29. The van der Waals surface area contributed by atoms with E-state index >= 15 is 0 Å². The first-order valence-corrected chi connectivity index (χ1v) is 3.65. The Balaban J connectivity index is 3.25. The Bertz CT molecular complexity index is 121.